The SMILES string of the molecule is O=C(O)c1ccccc1Cl.[Cl-].[Cl-].[Cl-].[Tb+3]. The van der Waals surface area contributed by atoms with E-state index in [2.05, 4.69) is 0 Å². The summed E-state index contributed by atoms with van der Waals surface area (Å²) >= 11 is 5.54. The number of benzene rings is 1. The van der Waals surface area contributed by atoms with Crippen molar-refractivity contribution < 1.29 is 85.7 Å². The Hall–Kier alpha value is 1.14. The molecule has 1 aromatic carbocycles. The van der Waals surface area contributed by atoms with Crippen LogP contribution in [0.1, 0.15) is 10.4 Å². The average molecular weight is 422 g/mol. The van der Waals surface area contributed by atoms with Crippen molar-refractivity contribution in [1.82, 2.24) is 0 Å². The van der Waals surface area contributed by atoms with Crippen molar-refractivity contribution in [2.24, 2.45) is 0 Å². The minimum Gasteiger partial charge on any atom is -1.00 e. The Morgan fingerprint density at radius 3 is 1.86 bits per heavy atom. The number of halogens is 4. The molecule has 0 saturated carbocycles. The molecule has 7 heteroatoms. The van der Waals surface area contributed by atoms with Crippen LogP contribution in [0.3, 0.4) is 0 Å². The van der Waals surface area contributed by atoms with E-state index >= 15 is 0 Å². The minimum atomic E-state index is -0.995. The van der Waals surface area contributed by atoms with Gasteiger partial charge in [0.05, 0.1) is 10.6 Å². The number of aromatic carboxylic acids is 1. The van der Waals surface area contributed by atoms with Crippen LogP contribution in [0.4, 0.5) is 0 Å². The van der Waals surface area contributed by atoms with E-state index in [0.29, 0.717) is 0 Å². The van der Waals surface area contributed by atoms with Crippen LogP contribution in [-0.2, 0) is 0 Å². The molecule has 1 N–H and O–H groups in total. The van der Waals surface area contributed by atoms with Crippen molar-refractivity contribution >= 4 is 17.6 Å². The molecule has 14 heavy (non-hydrogen) atoms. The third kappa shape index (κ3) is 7.43. The Kier molecular flexibility index (Phi) is 21.3. The molecule has 0 aromatic heterocycles. The number of carboxylic acids is 1. The summed E-state index contributed by atoms with van der Waals surface area (Å²) < 4.78 is 0. The number of carboxylic acid groups (broad SMARTS) is 1. The largest absolute Gasteiger partial charge is 3.00 e. The fourth-order valence-corrected chi connectivity index (χ4v) is 0.851. The van der Waals surface area contributed by atoms with E-state index in [1.54, 1.807) is 18.2 Å². The molecule has 0 radical (unpaired) electrons. The molecule has 0 unspecified atom stereocenters. The third-order valence-corrected chi connectivity index (χ3v) is 1.43. The maximum atomic E-state index is 10.3. The molecule has 82 valence electrons. The molecule has 0 bridgehead atoms. The van der Waals surface area contributed by atoms with Gasteiger partial charge in [0.1, 0.15) is 0 Å². The standard InChI is InChI=1S/C7H5ClO2.3ClH.Tb/c8-6-4-2-1-3-5(6)7(9)10;;;;/h1-4H,(H,9,10);3*1H;/q;;;;+3/p-3. The first kappa shape index (κ1) is 24.4. The van der Waals surface area contributed by atoms with Gasteiger partial charge in [-0.2, -0.15) is 0 Å². The Morgan fingerprint density at radius 2 is 1.57 bits per heavy atom. The summed E-state index contributed by atoms with van der Waals surface area (Å²) in [6, 6.07) is 6.33. The topological polar surface area (TPSA) is 37.3 Å². The number of carbonyl (C=O) groups is 1. The zero-order chi connectivity index (χ0) is 7.56. The van der Waals surface area contributed by atoms with Crippen LogP contribution in [0.15, 0.2) is 24.3 Å². The number of rotatable bonds is 1. The van der Waals surface area contributed by atoms with E-state index in [9.17, 15) is 4.79 Å². The molecular weight excluding hydrogens is 417 g/mol. The molecular formula is C7H5Cl4O2Tb. The van der Waals surface area contributed by atoms with Gasteiger partial charge in [-0.05, 0) is 12.1 Å². The van der Waals surface area contributed by atoms with Gasteiger partial charge in [0.25, 0.3) is 0 Å². The van der Waals surface area contributed by atoms with Crippen LogP contribution in [0.5, 0.6) is 0 Å². The number of hydrogen-bond donors (Lipinski definition) is 1. The van der Waals surface area contributed by atoms with Gasteiger partial charge in [-0.25, -0.2) is 4.79 Å². The average Bonchev–Trinajstić information content (AvgIpc) is 1.88. The van der Waals surface area contributed by atoms with E-state index < -0.39 is 5.97 Å². The third-order valence-electron chi connectivity index (χ3n) is 1.10. The normalized spacial score (nSPS) is 6.64. The van der Waals surface area contributed by atoms with Gasteiger partial charge in [-0.15, -0.1) is 0 Å². The molecule has 0 heterocycles. The molecule has 1 rings (SSSR count). The van der Waals surface area contributed by atoms with Crippen LogP contribution in [0, 0.1) is 38.6 Å². The first-order valence-corrected chi connectivity index (χ1v) is 3.07. The van der Waals surface area contributed by atoms with E-state index in [1.807, 2.05) is 0 Å². The Bertz CT molecular complexity index is 270. The Labute approximate surface area is 136 Å². The van der Waals surface area contributed by atoms with Crippen molar-refractivity contribution in [1.29, 1.82) is 0 Å². The molecule has 0 atom stereocenters. The molecule has 2 nitrogen and oxygen atoms in total. The molecule has 0 amide bonds. The molecule has 0 aliphatic heterocycles. The zero-order valence-electron chi connectivity index (χ0n) is 6.51. The quantitative estimate of drug-likeness (QED) is 0.489. The van der Waals surface area contributed by atoms with Crippen LogP contribution < -0.4 is 37.2 Å². The van der Waals surface area contributed by atoms with Crippen molar-refractivity contribution in [3.8, 4) is 0 Å². The van der Waals surface area contributed by atoms with Crippen molar-refractivity contribution in [3.05, 3.63) is 34.9 Å². The summed E-state index contributed by atoms with van der Waals surface area (Å²) in [5.74, 6) is -0.995. The summed E-state index contributed by atoms with van der Waals surface area (Å²) in [7, 11) is 0. The zero-order valence-corrected chi connectivity index (χ0v) is 11.7. The van der Waals surface area contributed by atoms with Crippen molar-refractivity contribution in [2.75, 3.05) is 0 Å². The van der Waals surface area contributed by atoms with Crippen molar-refractivity contribution in [2.45, 2.75) is 0 Å². The maximum Gasteiger partial charge on any atom is 3.00 e. The van der Waals surface area contributed by atoms with E-state index in [4.69, 9.17) is 16.7 Å². The maximum absolute atomic E-state index is 10.3. The minimum absolute atomic E-state index is 0. The second-order valence-corrected chi connectivity index (χ2v) is 2.19. The van der Waals surface area contributed by atoms with Crippen LogP contribution in [0.25, 0.3) is 0 Å². The molecule has 0 saturated heterocycles. The van der Waals surface area contributed by atoms with E-state index in [-0.39, 0.29) is 86.4 Å². The summed E-state index contributed by atoms with van der Waals surface area (Å²) in [5.41, 5.74) is 0.143. The Morgan fingerprint density at radius 1 is 1.14 bits per heavy atom. The van der Waals surface area contributed by atoms with E-state index in [1.165, 1.54) is 6.07 Å². The van der Waals surface area contributed by atoms with Gasteiger partial charge in [0.2, 0.25) is 0 Å². The number of hydrogen-bond acceptors (Lipinski definition) is 1. The second-order valence-electron chi connectivity index (χ2n) is 1.78. The van der Waals surface area contributed by atoms with Crippen LogP contribution in [0.2, 0.25) is 5.02 Å². The molecule has 0 fully saturated rings. The summed E-state index contributed by atoms with van der Waals surface area (Å²) in [6.07, 6.45) is 0. The Balaban J connectivity index is -0.000000125. The molecule has 0 aliphatic carbocycles. The van der Waals surface area contributed by atoms with Crippen LogP contribution >= 0.6 is 11.6 Å². The molecule has 1 aromatic rings. The molecule has 0 spiro atoms. The first-order chi connectivity index (χ1) is 4.72. The molecule has 0 aliphatic rings. The summed E-state index contributed by atoms with van der Waals surface area (Å²) in [6.45, 7) is 0. The smallest absolute Gasteiger partial charge is 1.00 e. The first-order valence-electron chi connectivity index (χ1n) is 2.69. The van der Waals surface area contributed by atoms with Gasteiger partial charge in [-0.3, -0.25) is 0 Å². The fraction of sp³-hybridized carbons (Fsp3) is 0. The van der Waals surface area contributed by atoms with Gasteiger partial charge in [-0.1, -0.05) is 23.7 Å². The predicted octanol–water partition coefficient (Wildman–Crippen LogP) is -6.95. The monoisotopic (exact) mass is 420 g/mol. The second kappa shape index (κ2) is 12.2. The van der Waals surface area contributed by atoms with Gasteiger partial charge >= 0.3 is 44.6 Å². The van der Waals surface area contributed by atoms with Gasteiger partial charge in [0, 0.05) is 0 Å². The van der Waals surface area contributed by atoms with Crippen LogP contribution in [-0.4, -0.2) is 11.1 Å². The fourth-order valence-electron chi connectivity index (χ4n) is 0.635. The summed E-state index contributed by atoms with van der Waals surface area (Å²) in [5, 5.41) is 8.75. The van der Waals surface area contributed by atoms with Gasteiger partial charge < -0.3 is 42.3 Å². The summed E-state index contributed by atoms with van der Waals surface area (Å²) in [4.78, 5) is 10.3. The predicted molar refractivity (Wildman–Crippen MR) is 38.4 cm³/mol. The van der Waals surface area contributed by atoms with Gasteiger partial charge in [0.15, 0.2) is 0 Å². The van der Waals surface area contributed by atoms with E-state index in [0.717, 1.165) is 0 Å². The van der Waals surface area contributed by atoms with Crippen molar-refractivity contribution in [3.63, 3.8) is 0 Å².